The van der Waals surface area contributed by atoms with Crippen molar-refractivity contribution in [2.75, 3.05) is 7.05 Å². The number of nitrogens with two attached hydrogens (primary N) is 1. The molecule has 0 bridgehead atoms. The van der Waals surface area contributed by atoms with E-state index in [1.54, 1.807) is 0 Å². The van der Waals surface area contributed by atoms with Gasteiger partial charge in [-0.05, 0) is 33.2 Å². The van der Waals surface area contributed by atoms with Crippen LogP contribution in [0.4, 0.5) is 0 Å². The highest BCUT2D eigenvalue weighted by molar-refractivity contribution is 4.83. The van der Waals surface area contributed by atoms with Gasteiger partial charge in [-0.1, -0.05) is 20.8 Å². The van der Waals surface area contributed by atoms with Gasteiger partial charge < -0.3 is 5.73 Å². The van der Waals surface area contributed by atoms with Crippen molar-refractivity contribution in [2.24, 2.45) is 11.1 Å². The van der Waals surface area contributed by atoms with E-state index in [-0.39, 0.29) is 6.04 Å². The predicted molar refractivity (Wildman–Crippen MR) is 59.8 cm³/mol. The first-order valence-electron chi connectivity index (χ1n) is 5.15. The molecule has 0 aliphatic rings. The number of hydrogen-bond donors (Lipinski definition) is 1. The van der Waals surface area contributed by atoms with Gasteiger partial charge in [0.2, 0.25) is 0 Å². The second-order valence-electron chi connectivity index (χ2n) is 5.31. The molecule has 2 heteroatoms. The molecule has 13 heavy (non-hydrogen) atoms. The molecule has 3 atom stereocenters. The molecule has 0 aromatic heterocycles. The zero-order chi connectivity index (χ0) is 10.8. The molecule has 0 heterocycles. The lowest BCUT2D eigenvalue weighted by Gasteiger charge is -2.40. The maximum atomic E-state index is 5.88. The van der Waals surface area contributed by atoms with Crippen molar-refractivity contribution in [3.05, 3.63) is 0 Å². The minimum Gasteiger partial charge on any atom is -0.327 e. The van der Waals surface area contributed by atoms with Crippen LogP contribution in [-0.4, -0.2) is 30.1 Å². The first-order chi connectivity index (χ1) is 5.68. The largest absolute Gasteiger partial charge is 0.327 e. The summed E-state index contributed by atoms with van der Waals surface area (Å²) in [6.45, 7) is 13.3. The van der Waals surface area contributed by atoms with Gasteiger partial charge >= 0.3 is 0 Å². The Morgan fingerprint density at radius 2 is 1.46 bits per heavy atom. The van der Waals surface area contributed by atoms with Gasteiger partial charge in [0.05, 0.1) is 0 Å². The summed E-state index contributed by atoms with van der Waals surface area (Å²) in [5.41, 5.74) is 6.19. The minimum atomic E-state index is 0.231. The summed E-state index contributed by atoms with van der Waals surface area (Å²) in [5.74, 6) is 0. The molecule has 0 saturated heterocycles. The number of nitrogens with zero attached hydrogens (tertiary/aromatic N) is 1. The van der Waals surface area contributed by atoms with E-state index >= 15 is 0 Å². The van der Waals surface area contributed by atoms with Crippen LogP contribution < -0.4 is 5.73 Å². The normalized spacial score (nSPS) is 20.1. The summed E-state index contributed by atoms with van der Waals surface area (Å²) < 4.78 is 0. The van der Waals surface area contributed by atoms with Crippen molar-refractivity contribution >= 4 is 0 Å². The predicted octanol–water partition coefficient (Wildman–Crippen LogP) is 2.09. The standard InChI is InChI=1S/C11H26N2/c1-8(12)9(2)13(7)10(3)11(4,5)6/h8-10H,12H2,1-7H3. The molecular weight excluding hydrogens is 160 g/mol. The Balaban J connectivity index is 4.34. The van der Waals surface area contributed by atoms with E-state index in [1.165, 1.54) is 0 Å². The van der Waals surface area contributed by atoms with Crippen LogP contribution in [0.15, 0.2) is 0 Å². The molecule has 0 radical (unpaired) electrons. The Morgan fingerprint density at radius 3 is 1.69 bits per heavy atom. The Hall–Kier alpha value is -0.0800. The van der Waals surface area contributed by atoms with Gasteiger partial charge in [0.15, 0.2) is 0 Å². The Morgan fingerprint density at radius 1 is 1.08 bits per heavy atom. The van der Waals surface area contributed by atoms with E-state index in [4.69, 9.17) is 5.73 Å². The monoisotopic (exact) mass is 186 g/mol. The van der Waals surface area contributed by atoms with Gasteiger partial charge in [0.1, 0.15) is 0 Å². The fourth-order valence-electron chi connectivity index (χ4n) is 1.33. The second kappa shape index (κ2) is 4.43. The van der Waals surface area contributed by atoms with Gasteiger partial charge in [-0.15, -0.1) is 0 Å². The van der Waals surface area contributed by atoms with Gasteiger partial charge in [0.25, 0.3) is 0 Å². The third-order valence-corrected chi connectivity index (χ3v) is 3.27. The molecule has 0 amide bonds. The summed E-state index contributed by atoms with van der Waals surface area (Å²) in [7, 11) is 2.16. The zero-order valence-corrected chi connectivity index (χ0v) is 10.3. The van der Waals surface area contributed by atoms with Crippen LogP contribution in [0, 0.1) is 5.41 Å². The first kappa shape index (κ1) is 12.9. The number of hydrogen-bond acceptors (Lipinski definition) is 2. The van der Waals surface area contributed by atoms with Gasteiger partial charge in [0, 0.05) is 18.1 Å². The molecule has 0 aliphatic heterocycles. The lowest BCUT2D eigenvalue weighted by atomic mass is 9.86. The fraction of sp³-hybridized carbons (Fsp3) is 1.00. The summed E-state index contributed by atoms with van der Waals surface area (Å²) in [6.07, 6.45) is 0. The second-order valence-corrected chi connectivity index (χ2v) is 5.31. The molecule has 0 rings (SSSR count). The summed E-state index contributed by atoms with van der Waals surface area (Å²) >= 11 is 0. The molecule has 0 saturated carbocycles. The Kier molecular flexibility index (Phi) is 4.40. The van der Waals surface area contributed by atoms with Gasteiger partial charge in [-0.3, -0.25) is 4.90 Å². The van der Waals surface area contributed by atoms with Crippen molar-refractivity contribution < 1.29 is 0 Å². The molecule has 0 spiro atoms. The molecular formula is C11H26N2. The molecule has 0 aliphatic carbocycles. The lowest BCUT2D eigenvalue weighted by molar-refractivity contribution is 0.0951. The fourth-order valence-corrected chi connectivity index (χ4v) is 1.33. The van der Waals surface area contributed by atoms with Crippen LogP contribution in [0.1, 0.15) is 41.5 Å². The highest BCUT2D eigenvalue weighted by Crippen LogP contribution is 2.24. The van der Waals surface area contributed by atoms with Crippen molar-refractivity contribution in [3.63, 3.8) is 0 Å². The average molecular weight is 186 g/mol. The zero-order valence-electron chi connectivity index (χ0n) is 10.3. The van der Waals surface area contributed by atoms with E-state index in [0.29, 0.717) is 17.5 Å². The maximum absolute atomic E-state index is 5.88. The van der Waals surface area contributed by atoms with Crippen LogP contribution in [-0.2, 0) is 0 Å². The Bertz CT molecular complexity index is 147. The smallest absolute Gasteiger partial charge is 0.0216 e. The van der Waals surface area contributed by atoms with E-state index in [1.807, 2.05) is 0 Å². The molecule has 80 valence electrons. The van der Waals surface area contributed by atoms with Crippen LogP contribution in [0.25, 0.3) is 0 Å². The summed E-state index contributed by atoms with van der Waals surface area (Å²) in [5, 5.41) is 0. The van der Waals surface area contributed by atoms with Gasteiger partial charge in [-0.25, -0.2) is 0 Å². The third-order valence-electron chi connectivity index (χ3n) is 3.27. The maximum Gasteiger partial charge on any atom is 0.0216 e. The number of rotatable bonds is 3. The average Bonchev–Trinajstić information content (AvgIpc) is 1.98. The third kappa shape index (κ3) is 3.65. The SMILES string of the molecule is CC(N)C(C)N(C)C(C)C(C)(C)C. The topological polar surface area (TPSA) is 29.3 Å². The van der Waals surface area contributed by atoms with Crippen molar-refractivity contribution in [2.45, 2.75) is 59.7 Å². The van der Waals surface area contributed by atoms with Crippen molar-refractivity contribution in [3.8, 4) is 0 Å². The van der Waals surface area contributed by atoms with E-state index < -0.39 is 0 Å². The minimum absolute atomic E-state index is 0.231. The van der Waals surface area contributed by atoms with Crippen molar-refractivity contribution in [1.29, 1.82) is 0 Å². The lowest BCUT2D eigenvalue weighted by Crippen LogP contribution is -2.50. The molecule has 3 unspecified atom stereocenters. The molecule has 0 aromatic carbocycles. The molecule has 2 N–H and O–H groups in total. The summed E-state index contributed by atoms with van der Waals surface area (Å²) in [4.78, 5) is 2.37. The van der Waals surface area contributed by atoms with Crippen LogP contribution in [0.5, 0.6) is 0 Å². The quantitative estimate of drug-likeness (QED) is 0.731. The first-order valence-corrected chi connectivity index (χ1v) is 5.15. The van der Waals surface area contributed by atoms with Crippen LogP contribution >= 0.6 is 0 Å². The van der Waals surface area contributed by atoms with E-state index in [0.717, 1.165) is 0 Å². The van der Waals surface area contributed by atoms with Crippen LogP contribution in [0.3, 0.4) is 0 Å². The number of likely N-dealkylation sites (N-methyl/N-ethyl adjacent to an activating group) is 1. The Labute approximate surface area is 83.5 Å². The van der Waals surface area contributed by atoms with Gasteiger partial charge in [-0.2, -0.15) is 0 Å². The molecule has 0 aromatic rings. The van der Waals surface area contributed by atoms with Crippen LogP contribution in [0.2, 0.25) is 0 Å². The molecule has 2 nitrogen and oxygen atoms in total. The molecule has 0 fully saturated rings. The van der Waals surface area contributed by atoms with E-state index in [2.05, 4.69) is 53.5 Å². The van der Waals surface area contributed by atoms with E-state index in [9.17, 15) is 0 Å². The van der Waals surface area contributed by atoms with Crippen molar-refractivity contribution in [1.82, 2.24) is 4.90 Å². The summed E-state index contributed by atoms with van der Waals surface area (Å²) in [6, 6.07) is 1.22. The highest BCUT2D eigenvalue weighted by atomic mass is 15.2. The highest BCUT2D eigenvalue weighted by Gasteiger charge is 2.27.